The Morgan fingerprint density at radius 3 is 2.50 bits per heavy atom. The van der Waals surface area contributed by atoms with Crippen molar-refractivity contribution < 1.29 is 14.3 Å². The molecule has 0 bridgehead atoms. The van der Waals surface area contributed by atoms with Gasteiger partial charge in [-0.25, -0.2) is 4.79 Å². The molecule has 0 spiro atoms. The summed E-state index contributed by atoms with van der Waals surface area (Å²) in [6.45, 7) is 4.13. The van der Waals surface area contributed by atoms with E-state index in [2.05, 4.69) is 24.5 Å². The molecule has 1 aliphatic carbocycles. The number of para-hydroxylation sites is 2. The summed E-state index contributed by atoms with van der Waals surface area (Å²) in [5, 5.41) is 6.24. The molecule has 2 aromatic rings. The van der Waals surface area contributed by atoms with Crippen molar-refractivity contribution in [3.05, 3.63) is 60.2 Å². The van der Waals surface area contributed by atoms with Gasteiger partial charge >= 0.3 is 5.97 Å². The van der Waals surface area contributed by atoms with E-state index in [9.17, 15) is 9.59 Å². The summed E-state index contributed by atoms with van der Waals surface area (Å²) in [5.74, 6) is 0.272. The summed E-state index contributed by atoms with van der Waals surface area (Å²) in [4.78, 5) is 24.8. The highest BCUT2D eigenvalue weighted by Gasteiger charge is 2.28. The normalized spacial score (nSPS) is 21.6. The molecule has 0 aliphatic heterocycles. The summed E-state index contributed by atoms with van der Waals surface area (Å²) < 4.78 is 5.28. The molecular formula is C23H28N2O3. The Labute approximate surface area is 166 Å². The highest BCUT2D eigenvalue weighted by molar-refractivity contribution is 5.97. The molecule has 2 aromatic carbocycles. The quantitative estimate of drug-likeness (QED) is 0.723. The number of hydrogen-bond acceptors (Lipinski definition) is 4. The predicted octanol–water partition coefficient (Wildman–Crippen LogP) is 4.53. The maximum atomic E-state index is 12.5. The van der Waals surface area contributed by atoms with E-state index in [0.29, 0.717) is 23.1 Å². The number of carbonyl (C=O) groups is 2. The van der Waals surface area contributed by atoms with E-state index in [1.807, 2.05) is 42.5 Å². The first-order valence-electron chi connectivity index (χ1n) is 9.92. The molecule has 0 unspecified atom stereocenters. The summed E-state index contributed by atoms with van der Waals surface area (Å²) in [6.07, 6.45) is 3.30. The smallest absolute Gasteiger partial charge is 0.340 e. The molecule has 0 radical (unpaired) electrons. The molecule has 0 saturated heterocycles. The zero-order valence-corrected chi connectivity index (χ0v) is 16.5. The number of amides is 1. The molecule has 3 atom stereocenters. The van der Waals surface area contributed by atoms with Crippen LogP contribution in [0.1, 0.15) is 43.5 Å². The molecule has 1 saturated carbocycles. The Hall–Kier alpha value is -2.82. The molecule has 148 valence electrons. The zero-order valence-electron chi connectivity index (χ0n) is 16.5. The minimum absolute atomic E-state index is 0.155. The molecule has 28 heavy (non-hydrogen) atoms. The van der Waals surface area contributed by atoms with Crippen LogP contribution in [0.2, 0.25) is 0 Å². The number of benzene rings is 2. The fraction of sp³-hybridized carbons (Fsp3) is 0.391. The van der Waals surface area contributed by atoms with Crippen molar-refractivity contribution >= 4 is 23.3 Å². The SMILES string of the molecule is C[C@H]1[C@@H](NC(=O)COC(=O)c2ccccc2Nc2ccccc2)CCC[C@@H]1C. The number of esters is 1. The average Bonchev–Trinajstić information content (AvgIpc) is 2.71. The van der Waals surface area contributed by atoms with Crippen LogP contribution in [0.15, 0.2) is 54.6 Å². The summed E-state index contributed by atoms with van der Waals surface area (Å²) >= 11 is 0. The number of ether oxygens (including phenoxy) is 1. The van der Waals surface area contributed by atoms with Gasteiger partial charge < -0.3 is 15.4 Å². The third-order valence-electron chi connectivity index (χ3n) is 5.59. The number of carbonyl (C=O) groups excluding carboxylic acids is 2. The van der Waals surface area contributed by atoms with Gasteiger partial charge in [-0.3, -0.25) is 4.79 Å². The lowest BCUT2D eigenvalue weighted by molar-refractivity contribution is -0.125. The van der Waals surface area contributed by atoms with Gasteiger partial charge in [0.05, 0.1) is 11.3 Å². The largest absolute Gasteiger partial charge is 0.452 e. The highest BCUT2D eigenvalue weighted by Crippen LogP contribution is 2.29. The Balaban J connectivity index is 1.57. The van der Waals surface area contributed by atoms with Gasteiger partial charge in [-0.15, -0.1) is 0 Å². The van der Waals surface area contributed by atoms with Crippen molar-refractivity contribution in [1.82, 2.24) is 5.32 Å². The lowest BCUT2D eigenvalue weighted by Crippen LogP contribution is -2.45. The fourth-order valence-electron chi connectivity index (χ4n) is 3.69. The van der Waals surface area contributed by atoms with E-state index < -0.39 is 5.97 Å². The van der Waals surface area contributed by atoms with Crippen LogP contribution in [0.25, 0.3) is 0 Å². The number of nitrogens with one attached hydrogen (secondary N) is 2. The Morgan fingerprint density at radius 1 is 1.00 bits per heavy atom. The van der Waals surface area contributed by atoms with Crippen LogP contribution in [-0.4, -0.2) is 24.5 Å². The summed E-state index contributed by atoms with van der Waals surface area (Å²) in [7, 11) is 0. The third kappa shape index (κ3) is 5.12. The maximum Gasteiger partial charge on any atom is 0.340 e. The second-order valence-electron chi connectivity index (χ2n) is 7.55. The number of anilines is 2. The van der Waals surface area contributed by atoms with E-state index in [-0.39, 0.29) is 18.6 Å². The standard InChI is InChI=1S/C23H28N2O3/c1-16-9-8-14-20(17(16)2)25-22(26)15-28-23(27)19-12-6-7-13-21(19)24-18-10-4-3-5-11-18/h3-7,10-13,16-17,20,24H,8-9,14-15H2,1-2H3,(H,25,26)/t16-,17+,20-/m0/s1. The topological polar surface area (TPSA) is 67.4 Å². The van der Waals surface area contributed by atoms with E-state index in [0.717, 1.165) is 18.5 Å². The number of rotatable bonds is 6. The Morgan fingerprint density at radius 2 is 1.71 bits per heavy atom. The van der Waals surface area contributed by atoms with Crippen molar-refractivity contribution in [2.24, 2.45) is 11.8 Å². The molecule has 1 amide bonds. The minimum Gasteiger partial charge on any atom is -0.452 e. The minimum atomic E-state index is -0.515. The highest BCUT2D eigenvalue weighted by atomic mass is 16.5. The average molecular weight is 380 g/mol. The van der Waals surface area contributed by atoms with Crippen molar-refractivity contribution in [2.45, 2.75) is 39.2 Å². The lowest BCUT2D eigenvalue weighted by Gasteiger charge is -2.34. The van der Waals surface area contributed by atoms with Crippen LogP contribution >= 0.6 is 0 Å². The Kier molecular flexibility index (Phi) is 6.69. The molecule has 1 fully saturated rings. The monoisotopic (exact) mass is 380 g/mol. The van der Waals surface area contributed by atoms with Crippen LogP contribution in [0, 0.1) is 11.8 Å². The number of hydrogen-bond donors (Lipinski definition) is 2. The second kappa shape index (κ2) is 9.40. The predicted molar refractivity (Wildman–Crippen MR) is 111 cm³/mol. The van der Waals surface area contributed by atoms with Crippen LogP contribution in [-0.2, 0) is 9.53 Å². The van der Waals surface area contributed by atoms with Gasteiger partial charge in [0.25, 0.3) is 5.91 Å². The Bertz CT molecular complexity index is 807. The van der Waals surface area contributed by atoms with Gasteiger partial charge in [0, 0.05) is 11.7 Å². The van der Waals surface area contributed by atoms with Crippen LogP contribution in [0.5, 0.6) is 0 Å². The van der Waals surface area contributed by atoms with Crippen LogP contribution < -0.4 is 10.6 Å². The van der Waals surface area contributed by atoms with E-state index in [4.69, 9.17) is 4.74 Å². The van der Waals surface area contributed by atoms with Crippen LogP contribution in [0.3, 0.4) is 0 Å². The van der Waals surface area contributed by atoms with Crippen molar-refractivity contribution in [3.63, 3.8) is 0 Å². The fourth-order valence-corrected chi connectivity index (χ4v) is 3.69. The van der Waals surface area contributed by atoms with Gasteiger partial charge in [0.15, 0.2) is 6.61 Å². The molecule has 5 nitrogen and oxygen atoms in total. The summed E-state index contributed by atoms with van der Waals surface area (Å²) in [5.41, 5.74) is 1.92. The van der Waals surface area contributed by atoms with E-state index >= 15 is 0 Å². The van der Waals surface area contributed by atoms with E-state index in [1.54, 1.807) is 12.1 Å². The van der Waals surface area contributed by atoms with Crippen LogP contribution in [0.4, 0.5) is 11.4 Å². The van der Waals surface area contributed by atoms with Crippen molar-refractivity contribution in [1.29, 1.82) is 0 Å². The molecule has 1 aliphatic rings. The molecule has 2 N–H and O–H groups in total. The maximum absolute atomic E-state index is 12.5. The molecule has 0 aromatic heterocycles. The van der Waals surface area contributed by atoms with Gasteiger partial charge in [-0.05, 0) is 42.5 Å². The van der Waals surface area contributed by atoms with Crippen molar-refractivity contribution in [3.8, 4) is 0 Å². The molecule has 0 heterocycles. The molecule has 5 heteroatoms. The second-order valence-corrected chi connectivity index (χ2v) is 7.55. The first-order chi connectivity index (χ1) is 13.5. The first-order valence-corrected chi connectivity index (χ1v) is 9.92. The molecular weight excluding hydrogens is 352 g/mol. The van der Waals surface area contributed by atoms with Gasteiger partial charge in [0.2, 0.25) is 0 Å². The molecule has 3 rings (SSSR count). The summed E-state index contributed by atoms with van der Waals surface area (Å²) in [6, 6.07) is 16.9. The van der Waals surface area contributed by atoms with Gasteiger partial charge in [0.1, 0.15) is 0 Å². The van der Waals surface area contributed by atoms with Crippen molar-refractivity contribution in [2.75, 3.05) is 11.9 Å². The van der Waals surface area contributed by atoms with E-state index in [1.165, 1.54) is 6.42 Å². The third-order valence-corrected chi connectivity index (χ3v) is 5.59. The zero-order chi connectivity index (χ0) is 19.9. The first kappa shape index (κ1) is 19.9. The van der Waals surface area contributed by atoms with Gasteiger partial charge in [-0.2, -0.15) is 0 Å². The van der Waals surface area contributed by atoms with Gasteiger partial charge in [-0.1, -0.05) is 57.0 Å². The lowest BCUT2D eigenvalue weighted by atomic mass is 9.78.